The molecule has 2 amide bonds. The van der Waals surface area contributed by atoms with Crippen molar-refractivity contribution >= 4 is 17.5 Å². The molecule has 0 atom stereocenters. The molecule has 2 aliphatic rings. The minimum atomic E-state index is -1.11. The SMILES string of the molecule is COc1ccc(C(=O)N2CC3(CCN(C(=O)c4cc(OC)c(F)c(OC)c4F)CC3)c3cc(F)ccc32)cc1. The minimum Gasteiger partial charge on any atom is -0.497 e. The van der Waals surface area contributed by atoms with Gasteiger partial charge in [-0.05, 0) is 66.9 Å². The van der Waals surface area contributed by atoms with Gasteiger partial charge < -0.3 is 24.0 Å². The smallest absolute Gasteiger partial charge is 0.258 e. The summed E-state index contributed by atoms with van der Waals surface area (Å²) >= 11 is 0. The van der Waals surface area contributed by atoms with Crippen molar-refractivity contribution in [2.45, 2.75) is 18.3 Å². The molecular formula is C29H27F3N2O5. The Hall–Kier alpha value is -4.21. The van der Waals surface area contributed by atoms with Crippen LogP contribution in [-0.2, 0) is 5.41 Å². The van der Waals surface area contributed by atoms with Crippen molar-refractivity contribution < 1.29 is 37.0 Å². The summed E-state index contributed by atoms with van der Waals surface area (Å²) in [6.45, 7) is 0.757. The number of hydrogen-bond acceptors (Lipinski definition) is 5. The maximum Gasteiger partial charge on any atom is 0.258 e. The van der Waals surface area contributed by atoms with E-state index in [0.717, 1.165) is 13.2 Å². The number of hydrogen-bond donors (Lipinski definition) is 0. The number of fused-ring (bicyclic) bond motifs is 2. The molecule has 204 valence electrons. The van der Waals surface area contributed by atoms with E-state index < -0.39 is 34.5 Å². The highest BCUT2D eigenvalue weighted by atomic mass is 19.1. The molecule has 2 aliphatic heterocycles. The van der Waals surface area contributed by atoms with E-state index in [1.165, 1.54) is 24.1 Å². The second kappa shape index (κ2) is 10.2. The third-order valence-electron chi connectivity index (χ3n) is 7.65. The van der Waals surface area contributed by atoms with Gasteiger partial charge in [-0.25, -0.2) is 8.78 Å². The van der Waals surface area contributed by atoms with Crippen LogP contribution in [0.25, 0.3) is 0 Å². The van der Waals surface area contributed by atoms with E-state index in [2.05, 4.69) is 0 Å². The zero-order chi connectivity index (χ0) is 27.9. The zero-order valence-corrected chi connectivity index (χ0v) is 21.7. The Morgan fingerprint density at radius 1 is 0.821 bits per heavy atom. The van der Waals surface area contributed by atoms with E-state index in [1.807, 2.05) is 0 Å². The number of carbonyl (C=O) groups is 2. The first-order valence-corrected chi connectivity index (χ1v) is 12.4. The normalized spacial score (nSPS) is 15.7. The number of amides is 2. The fourth-order valence-electron chi connectivity index (χ4n) is 5.52. The highest BCUT2D eigenvalue weighted by Gasteiger charge is 2.47. The first kappa shape index (κ1) is 26.4. The molecule has 39 heavy (non-hydrogen) atoms. The van der Waals surface area contributed by atoms with Gasteiger partial charge >= 0.3 is 0 Å². The molecule has 0 aromatic heterocycles. The Balaban J connectivity index is 1.41. The average molecular weight is 541 g/mol. The molecule has 7 nitrogen and oxygen atoms in total. The maximum atomic E-state index is 15.0. The molecule has 5 rings (SSSR count). The highest BCUT2D eigenvalue weighted by molar-refractivity contribution is 6.08. The van der Waals surface area contributed by atoms with Crippen LogP contribution in [0.15, 0.2) is 48.5 Å². The van der Waals surface area contributed by atoms with Crippen molar-refractivity contribution in [2.75, 3.05) is 45.9 Å². The predicted octanol–water partition coefficient (Wildman–Crippen LogP) is 4.96. The molecule has 0 N–H and O–H groups in total. The van der Waals surface area contributed by atoms with Crippen molar-refractivity contribution in [3.63, 3.8) is 0 Å². The van der Waals surface area contributed by atoms with Gasteiger partial charge in [0.2, 0.25) is 5.82 Å². The quantitative estimate of drug-likeness (QED) is 0.458. The Kier molecular flexibility index (Phi) is 6.88. The summed E-state index contributed by atoms with van der Waals surface area (Å²) in [5.74, 6) is -3.80. The monoisotopic (exact) mass is 540 g/mol. The Morgan fingerprint density at radius 3 is 2.13 bits per heavy atom. The summed E-state index contributed by atoms with van der Waals surface area (Å²) < 4.78 is 58.7. The molecule has 0 bridgehead atoms. The van der Waals surface area contributed by atoms with E-state index in [0.29, 0.717) is 42.0 Å². The molecule has 1 spiro atoms. The number of piperidine rings is 1. The van der Waals surface area contributed by atoms with Crippen LogP contribution in [0, 0.1) is 17.5 Å². The van der Waals surface area contributed by atoms with Gasteiger partial charge in [0.25, 0.3) is 11.8 Å². The number of benzene rings is 3. The van der Waals surface area contributed by atoms with Gasteiger partial charge in [-0.15, -0.1) is 0 Å². The molecular weight excluding hydrogens is 513 g/mol. The van der Waals surface area contributed by atoms with Gasteiger partial charge in [-0.1, -0.05) is 0 Å². The van der Waals surface area contributed by atoms with Gasteiger partial charge in [-0.3, -0.25) is 9.59 Å². The van der Waals surface area contributed by atoms with Crippen LogP contribution in [0.4, 0.5) is 18.9 Å². The van der Waals surface area contributed by atoms with Gasteiger partial charge in [0.15, 0.2) is 17.3 Å². The number of ether oxygens (including phenoxy) is 3. The number of likely N-dealkylation sites (tertiary alicyclic amines) is 1. The Labute approximate surface area is 223 Å². The topological polar surface area (TPSA) is 68.3 Å². The van der Waals surface area contributed by atoms with Crippen LogP contribution in [-0.4, -0.2) is 57.7 Å². The number of carbonyl (C=O) groups excluding carboxylic acids is 2. The third-order valence-corrected chi connectivity index (χ3v) is 7.65. The van der Waals surface area contributed by atoms with E-state index in [9.17, 15) is 22.8 Å². The maximum absolute atomic E-state index is 15.0. The largest absolute Gasteiger partial charge is 0.497 e. The number of anilines is 1. The molecule has 3 aromatic carbocycles. The lowest BCUT2D eigenvalue weighted by Crippen LogP contribution is -2.48. The predicted molar refractivity (Wildman–Crippen MR) is 137 cm³/mol. The van der Waals surface area contributed by atoms with Gasteiger partial charge in [0.05, 0.1) is 26.9 Å². The second-order valence-corrected chi connectivity index (χ2v) is 9.64. The molecule has 1 fully saturated rings. The van der Waals surface area contributed by atoms with Crippen LogP contribution in [0.3, 0.4) is 0 Å². The minimum absolute atomic E-state index is 0.223. The fraction of sp³-hybridized carbons (Fsp3) is 0.310. The molecule has 0 radical (unpaired) electrons. The van der Waals surface area contributed by atoms with Crippen LogP contribution >= 0.6 is 0 Å². The lowest BCUT2D eigenvalue weighted by molar-refractivity contribution is 0.0664. The van der Waals surface area contributed by atoms with Crippen LogP contribution in [0.5, 0.6) is 17.2 Å². The number of nitrogens with zero attached hydrogens (tertiary/aromatic N) is 2. The van der Waals surface area contributed by atoms with Gasteiger partial charge in [0, 0.05) is 36.3 Å². The van der Waals surface area contributed by atoms with E-state index >= 15 is 0 Å². The summed E-state index contributed by atoms with van der Waals surface area (Å²) in [7, 11) is 3.86. The number of rotatable bonds is 5. The highest BCUT2D eigenvalue weighted by Crippen LogP contribution is 2.48. The Bertz CT molecular complexity index is 1440. The molecule has 10 heteroatoms. The summed E-state index contributed by atoms with van der Waals surface area (Å²) in [6.07, 6.45) is 0.831. The van der Waals surface area contributed by atoms with Crippen molar-refractivity contribution in [2.24, 2.45) is 0 Å². The van der Waals surface area contributed by atoms with Crippen molar-refractivity contribution in [3.05, 3.63) is 82.7 Å². The third kappa shape index (κ3) is 4.43. The van der Waals surface area contributed by atoms with Crippen LogP contribution < -0.4 is 19.1 Å². The zero-order valence-electron chi connectivity index (χ0n) is 21.7. The molecule has 0 saturated carbocycles. The molecule has 3 aromatic rings. The fourth-order valence-corrected chi connectivity index (χ4v) is 5.52. The molecule has 1 saturated heterocycles. The lowest BCUT2D eigenvalue weighted by Gasteiger charge is -2.40. The summed E-state index contributed by atoms with van der Waals surface area (Å²) in [5, 5.41) is 0. The summed E-state index contributed by atoms with van der Waals surface area (Å²) in [4.78, 5) is 29.9. The van der Waals surface area contributed by atoms with Crippen molar-refractivity contribution in [3.8, 4) is 17.2 Å². The second-order valence-electron chi connectivity index (χ2n) is 9.64. The van der Waals surface area contributed by atoms with E-state index in [-0.39, 0.29) is 30.3 Å². The lowest BCUT2D eigenvalue weighted by atomic mass is 9.74. The van der Waals surface area contributed by atoms with Gasteiger partial charge in [-0.2, -0.15) is 4.39 Å². The van der Waals surface area contributed by atoms with Gasteiger partial charge in [0.1, 0.15) is 11.6 Å². The van der Waals surface area contributed by atoms with E-state index in [4.69, 9.17) is 14.2 Å². The molecule has 0 unspecified atom stereocenters. The summed E-state index contributed by atoms with van der Waals surface area (Å²) in [6, 6.07) is 12.2. The standard InChI is InChI=1S/C29H27F3N2O5/c1-37-19-7-4-17(5-8-19)27(35)34-16-29(21-14-18(30)6-9-22(21)34)10-12-33(13-11-29)28(36)20-15-23(38-2)25(32)26(39-3)24(20)31/h4-9,14-15H,10-13,16H2,1-3H3. The van der Waals surface area contributed by atoms with Crippen LogP contribution in [0.1, 0.15) is 39.1 Å². The number of methoxy groups -OCH3 is 3. The molecule has 2 heterocycles. The molecule has 0 aliphatic carbocycles. The first-order valence-electron chi connectivity index (χ1n) is 12.4. The van der Waals surface area contributed by atoms with Crippen LogP contribution in [0.2, 0.25) is 0 Å². The van der Waals surface area contributed by atoms with Crippen molar-refractivity contribution in [1.82, 2.24) is 4.90 Å². The summed E-state index contributed by atoms with van der Waals surface area (Å²) in [5.41, 5.74) is 0.831. The average Bonchev–Trinajstić information content (AvgIpc) is 3.26. The Morgan fingerprint density at radius 2 is 1.51 bits per heavy atom. The number of halogens is 3. The van der Waals surface area contributed by atoms with E-state index in [1.54, 1.807) is 42.3 Å². The van der Waals surface area contributed by atoms with Crippen molar-refractivity contribution in [1.29, 1.82) is 0 Å². The first-order chi connectivity index (χ1) is 18.7.